The van der Waals surface area contributed by atoms with E-state index in [0.717, 1.165) is 10.0 Å². The zero-order chi connectivity index (χ0) is 12.1. The van der Waals surface area contributed by atoms with Crippen LogP contribution in [0.5, 0.6) is 0 Å². The van der Waals surface area contributed by atoms with E-state index in [9.17, 15) is 4.79 Å². The standard InChI is InChI=1S/C11H14BrN3O/c1-8(2)7-15(3)11(16)14-10-5-4-9(12)6-13-10/h4-6H,1,7H2,2-3H3,(H,13,14,16). The fourth-order valence-electron chi connectivity index (χ4n) is 1.13. The van der Waals surface area contributed by atoms with Crippen molar-refractivity contribution in [1.82, 2.24) is 9.88 Å². The first kappa shape index (κ1) is 12.7. The van der Waals surface area contributed by atoms with Gasteiger partial charge in [0.2, 0.25) is 0 Å². The van der Waals surface area contributed by atoms with Gasteiger partial charge in [-0.15, -0.1) is 0 Å². The monoisotopic (exact) mass is 283 g/mol. The van der Waals surface area contributed by atoms with Crippen LogP contribution >= 0.6 is 15.9 Å². The number of likely N-dealkylation sites (N-methyl/N-ethyl adjacent to an activating group) is 1. The molecular weight excluding hydrogens is 270 g/mol. The number of aromatic nitrogens is 1. The Bertz CT molecular complexity index is 389. The lowest BCUT2D eigenvalue weighted by molar-refractivity contribution is 0.226. The number of carbonyl (C=O) groups is 1. The van der Waals surface area contributed by atoms with Crippen LogP contribution in [-0.2, 0) is 0 Å². The van der Waals surface area contributed by atoms with Crippen molar-refractivity contribution in [2.45, 2.75) is 6.92 Å². The van der Waals surface area contributed by atoms with Crippen molar-refractivity contribution in [3.63, 3.8) is 0 Å². The molecule has 0 aliphatic rings. The summed E-state index contributed by atoms with van der Waals surface area (Å²) in [7, 11) is 1.71. The van der Waals surface area contributed by atoms with E-state index in [2.05, 4.69) is 32.8 Å². The molecule has 0 aromatic carbocycles. The highest BCUT2D eigenvalue weighted by Gasteiger charge is 2.08. The second kappa shape index (κ2) is 5.65. The molecule has 0 fully saturated rings. The lowest BCUT2D eigenvalue weighted by atomic mass is 10.3. The summed E-state index contributed by atoms with van der Waals surface area (Å²) in [5.41, 5.74) is 0.932. The molecule has 0 radical (unpaired) electrons. The minimum Gasteiger partial charge on any atom is -0.324 e. The normalized spacial score (nSPS) is 9.69. The van der Waals surface area contributed by atoms with Crippen LogP contribution in [0.4, 0.5) is 10.6 Å². The fourth-order valence-corrected chi connectivity index (χ4v) is 1.37. The molecule has 4 nitrogen and oxygen atoms in total. The van der Waals surface area contributed by atoms with Gasteiger partial charge >= 0.3 is 6.03 Å². The third kappa shape index (κ3) is 4.02. The van der Waals surface area contributed by atoms with E-state index < -0.39 is 0 Å². The molecule has 1 aromatic heterocycles. The van der Waals surface area contributed by atoms with Gasteiger partial charge in [-0.25, -0.2) is 9.78 Å². The Morgan fingerprint density at radius 2 is 2.31 bits per heavy atom. The SMILES string of the molecule is C=C(C)CN(C)C(=O)Nc1ccc(Br)cn1. The lowest BCUT2D eigenvalue weighted by Crippen LogP contribution is -2.32. The Balaban J connectivity index is 2.57. The zero-order valence-corrected chi connectivity index (χ0v) is 10.9. The van der Waals surface area contributed by atoms with Gasteiger partial charge in [-0.2, -0.15) is 0 Å². The summed E-state index contributed by atoms with van der Waals surface area (Å²) in [6, 6.07) is 3.36. The molecule has 0 unspecified atom stereocenters. The van der Waals surface area contributed by atoms with Gasteiger partial charge in [0.15, 0.2) is 0 Å². The Labute approximate surface area is 103 Å². The summed E-state index contributed by atoms with van der Waals surface area (Å²) in [6.07, 6.45) is 1.63. The van der Waals surface area contributed by atoms with E-state index >= 15 is 0 Å². The van der Waals surface area contributed by atoms with Gasteiger partial charge in [-0.3, -0.25) is 5.32 Å². The predicted molar refractivity (Wildman–Crippen MR) is 68.4 cm³/mol. The van der Waals surface area contributed by atoms with E-state index in [0.29, 0.717) is 12.4 Å². The largest absolute Gasteiger partial charge is 0.324 e. The van der Waals surface area contributed by atoms with Crippen molar-refractivity contribution >= 4 is 27.8 Å². The van der Waals surface area contributed by atoms with Crippen molar-refractivity contribution in [2.75, 3.05) is 18.9 Å². The summed E-state index contributed by atoms with van der Waals surface area (Å²) in [6.45, 7) is 6.16. The van der Waals surface area contributed by atoms with Crippen molar-refractivity contribution in [2.24, 2.45) is 0 Å². The Hall–Kier alpha value is -1.36. The number of hydrogen-bond acceptors (Lipinski definition) is 2. The highest BCUT2D eigenvalue weighted by Crippen LogP contribution is 2.10. The van der Waals surface area contributed by atoms with Crippen LogP contribution < -0.4 is 5.32 Å². The molecule has 16 heavy (non-hydrogen) atoms. The highest BCUT2D eigenvalue weighted by molar-refractivity contribution is 9.10. The molecule has 0 aliphatic carbocycles. The minimum absolute atomic E-state index is 0.196. The Morgan fingerprint density at radius 3 is 2.81 bits per heavy atom. The van der Waals surface area contributed by atoms with Gasteiger partial charge < -0.3 is 4.90 Å². The van der Waals surface area contributed by atoms with Gasteiger partial charge in [-0.05, 0) is 35.0 Å². The maximum absolute atomic E-state index is 11.7. The maximum Gasteiger partial charge on any atom is 0.323 e. The second-order valence-electron chi connectivity index (χ2n) is 3.60. The molecule has 0 saturated carbocycles. The fraction of sp³-hybridized carbons (Fsp3) is 0.273. The summed E-state index contributed by atoms with van der Waals surface area (Å²) in [5, 5.41) is 2.69. The number of anilines is 1. The van der Waals surface area contributed by atoms with Gasteiger partial charge in [0, 0.05) is 24.3 Å². The third-order valence-corrected chi connectivity index (χ3v) is 2.29. The van der Waals surface area contributed by atoms with Crippen molar-refractivity contribution in [3.05, 3.63) is 35.0 Å². The van der Waals surface area contributed by atoms with Gasteiger partial charge in [0.1, 0.15) is 5.82 Å². The first-order valence-corrected chi connectivity index (χ1v) is 5.56. The highest BCUT2D eigenvalue weighted by atomic mass is 79.9. The smallest absolute Gasteiger partial charge is 0.323 e. The maximum atomic E-state index is 11.7. The van der Waals surface area contributed by atoms with Gasteiger partial charge in [0.05, 0.1) is 0 Å². The zero-order valence-electron chi connectivity index (χ0n) is 9.33. The van der Waals surface area contributed by atoms with Crippen LogP contribution in [-0.4, -0.2) is 29.5 Å². The van der Waals surface area contributed by atoms with Gasteiger partial charge in [0.25, 0.3) is 0 Å². The van der Waals surface area contributed by atoms with E-state index in [4.69, 9.17) is 0 Å². The van der Waals surface area contributed by atoms with E-state index in [1.807, 2.05) is 13.0 Å². The van der Waals surface area contributed by atoms with Crippen molar-refractivity contribution < 1.29 is 4.79 Å². The first-order valence-electron chi connectivity index (χ1n) is 4.77. The topological polar surface area (TPSA) is 45.2 Å². The number of urea groups is 1. The van der Waals surface area contributed by atoms with E-state index in [-0.39, 0.29) is 6.03 Å². The van der Waals surface area contributed by atoms with Gasteiger partial charge in [-0.1, -0.05) is 12.2 Å². The average Bonchev–Trinajstić information content (AvgIpc) is 2.20. The van der Waals surface area contributed by atoms with E-state index in [1.54, 1.807) is 24.2 Å². The quantitative estimate of drug-likeness (QED) is 0.867. The summed E-state index contributed by atoms with van der Waals surface area (Å²) in [5.74, 6) is 0.529. The van der Waals surface area contributed by atoms with Crippen molar-refractivity contribution in [1.29, 1.82) is 0 Å². The Morgan fingerprint density at radius 1 is 1.62 bits per heavy atom. The number of nitrogens with one attached hydrogen (secondary N) is 1. The summed E-state index contributed by atoms with van der Waals surface area (Å²) < 4.78 is 0.876. The lowest BCUT2D eigenvalue weighted by Gasteiger charge is -2.17. The molecule has 0 atom stereocenters. The number of nitrogens with zero attached hydrogens (tertiary/aromatic N) is 2. The molecule has 86 valence electrons. The van der Waals surface area contributed by atoms with Crippen LogP contribution in [0.3, 0.4) is 0 Å². The molecule has 1 aromatic rings. The number of amides is 2. The molecule has 0 spiro atoms. The number of hydrogen-bond donors (Lipinski definition) is 1. The number of rotatable bonds is 3. The number of pyridine rings is 1. The van der Waals surface area contributed by atoms with E-state index in [1.165, 1.54) is 0 Å². The molecule has 1 N–H and O–H groups in total. The molecule has 1 rings (SSSR count). The summed E-state index contributed by atoms with van der Waals surface area (Å²) >= 11 is 3.28. The molecule has 0 bridgehead atoms. The Kier molecular flexibility index (Phi) is 4.49. The van der Waals surface area contributed by atoms with Crippen LogP contribution in [0.15, 0.2) is 35.0 Å². The molecule has 1 heterocycles. The van der Waals surface area contributed by atoms with Crippen LogP contribution in [0, 0.1) is 0 Å². The van der Waals surface area contributed by atoms with Crippen LogP contribution in [0.2, 0.25) is 0 Å². The summed E-state index contributed by atoms with van der Waals surface area (Å²) in [4.78, 5) is 17.3. The van der Waals surface area contributed by atoms with Crippen LogP contribution in [0.25, 0.3) is 0 Å². The molecule has 0 saturated heterocycles. The van der Waals surface area contributed by atoms with Crippen LogP contribution in [0.1, 0.15) is 6.92 Å². The number of halogens is 1. The minimum atomic E-state index is -0.196. The first-order chi connectivity index (χ1) is 7.49. The number of carbonyl (C=O) groups excluding carboxylic acids is 1. The molecule has 5 heteroatoms. The predicted octanol–water partition coefficient (Wildman–Crippen LogP) is 2.88. The molecular formula is C11H14BrN3O. The second-order valence-corrected chi connectivity index (χ2v) is 4.52. The molecule has 0 aliphatic heterocycles. The third-order valence-electron chi connectivity index (χ3n) is 1.82. The molecule has 2 amide bonds. The average molecular weight is 284 g/mol. The van der Waals surface area contributed by atoms with Crippen molar-refractivity contribution in [3.8, 4) is 0 Å².